The highest BCUT2D eigenvalue weighted by Crippen LogP contribution is 2.16. The van der Waals surface area contributed by atoms with Gasteiger partial charge in [-0.3, -0.25) is 9.59 Å². The fraction of sp³-hybridized carbons (Fsp3) is 0.167. The van der Waals surface area contributed by atoms with Gasteiger partial charge in [0.2, 0.25) is 11.8 Å². The minimum atomic E-state index is -0.155. The number of hydrogen-bond acceptors (Lipinski definition) is 4. The van der Waals surface area contributed by atoms with E-state index in [1.165, 1.54) is 18.7 Å². The lowest BCUT2D eigenvalue weighted by Gasteiger charge is -2.05. The van der Waals surface area contributed by atoms with Gasteiger partial charge in [0.15, 0.2) is 0 Å². The van der Waals surface area contributed by atoms with Crippen molar-refractivity contribution in [2.75, 3.05) is 11.1 Å². The number of nitrogens with zero attached hydrogens (tertiary/aromatic N) is 1. The first-order valence-corrected chi connectivity index (χ1v) is 8.42. The van der Waals surface area contributed by atoms with E-state index >= 15 is 0 Å². The van der Waals surface area contributed by atoms with E-state index in [4.69, 9.17) is 0 Å². The molecular weight excluding hydrogens is 322 g/mol. The number of hydrogen-bond donors (Lipinski definition) is 2. The quantitative estimate of drug-likeness (QED) is 0.481. The predicted molar refractivity (Wildman–Crippen MR) is 98.3 cm³/mol. The largest absolute Gasteiger partial charge is 0.326 e. The van der Waals surface area contributed by atoms with Crippen LogP contribution in [-0.2, 0) is 9.59 Å². The van der Waals surface area contributed by atoms with Crippen LogP contribution in [0.3, 0.4) is 0 Å². The Hall–Kier alpha value is -2.60. The van der Waals surface area contributed by atoms with Gasteiger partial charge in [0.25, 0.3) is 0 Å². The Balaban J connectivity index is 1.86. The molecule has 0 bridgehead atoms. The molecule has 6 heteroatoms. The molecule has 0 heterocycles. The second kappa shape index (κ2) is 8.88. The molecule has 0 aromatic heterocycles. The molecule has 124 valence electrons. The number of carbonyl (C=O) groups excluding carboxylic acids is 2. The summed E-state index contributed by atoms with van der Waals surface area (Å²) in [7, 11) is 0. The SMILES string of the molecule is CC(=O)Nc1ccc(/C(C)=N\NC(=O)CSc2ccccc2)cc1. The lowest BCUT2D eigenvalue weighted by Crippen LogP contribution is -2.21. The van der Waals surface area contributed by atoms with Gasteiger partial charge in [0, 0.05) is 17.5 Å². The number of thioether (sulfide) groups is 1. The zero-order valence-electron chi connectivity index (χ0n) is 13.6. The maximum absolute atomic E-state index is 11.8. The van der Waals surface area contributed by atoms with Crippen molar-refractivity contribution in [1.82, 2.24) is 5.43 Å². The number of carbonyl (C=O) groups is 2. The van der Waals surface area contributed by atoms with Crippen LogP contribution in [0, 0.1) is 0 Å². The summed E-state index contributed by atoms with van der Waals surface area (Å²) < 4.78 is 0. The molecule has 0 aliphatic carbocycles. The summed E-state index contributed by atoms with van der Waals surface area (Å²) in [5.41, 5.74) is 4.85. The van der Waals surface area contributed by atoms with E-state index < -0.39 is 0 Å². The fourth-order valence-electron chi connectivity index (χ4n) is 1.91. The Morgan fingerprint density at radius 3 is 2.29 bits per heavy atom. The molecule has 2 rings (SSSR count). The van der Waals surface area contributed by atoms with Crippen LogP contribution in [0.2, 0.25) is 0 Å². The standard InChI is InChI=1S/C18H19N3O2S/c1-13(15-8-10-16(11-9-15)19-14(2)22)20-21-18(23)12-24-17-6-4-3-5-7-17/h3-11H,12H2,1-2H3,(H,19,22)(H,21,23)/b20-13-. The van der Waals surface area contributed by atoms with E-state index in [-0.39, 0.29) is 11.8 Å². The Morgan fingerprint density at radius 2 is 1.67 bits per heavy atom. The monoisotopic (exact) mass is 341 g/mol. The number of nitrogens with one attached hydrogen (secondary N) is 2. The molecule has 0 atom stereocenters. The number of amides is 2. The van der Waals surface area contributed by atoms with Gasteiger partial charge in [-0.25, -0.2) is 5.43 Å². The van der Waals surface area contributed by atoms with Gasteiger partial charge in [0.05, 0.1) is 11.5 Å². The number of hydrazone groups is 1. The van der Waals surface area contributed by atoms with Crippen LogP contribution in [0.15, 0.2) is 64.6 Å². The molecule has 0 spiro atoms. The van der Waals surface area contributed by atoms with Gasteiger partial charge < -0.3 is 5.32 Å². The van der Waals surface area contributed by atoms with Gasteiger partial charge in [-0.05, 0) is 36.8 Å². The van der Waals surface area contributed by atoms with Crippen LogP contribution in [0.4, 0.5) is 5.69 Å². The van der Waals surface area contributed by atoms with Crippen LogP contribution in [0.25, 0.3) is 0 Å². The van der Waals surface area contributed by atoms with Gasteiger partial charge >= 0.3 is 0 Å². The molecule has 0 unspecified atom stereocenters. The number of anilines is 1. The molecule has 2 aromatic carbocycles. The zero-order chi connectivity index (χ0) is 17.4. The van der Waals surface area contributed by atoms with E-state index in [0.717, 1.165) is 16.1 Å². The lowest BCUT2D eigenvalue weighted by atomic mass is 10.1. The molecule has 2 aromatic rings. The van der Waals surface area contributed by atoms with Crippen molar-refractivity contribution in [2.24, 2.45) is 5.10 Å². The van der Waals surface area contributed by atoms with Gasteiger partial charge in [0.1, 0.15) is 0 Å². The lowest BCUT2D eigenvalue weighted by molar-refractivity contribution is -0.118. The number of benzene rings is 2. The first-order chi connectivity index (χ1) is 11.5. The molecular formula is C18H19N3O2S. The summed E-state index contributed by atoms with van der Waals surface area (Å²) in [6.07, 6.45) is 0. The third-order valence-electron chi connectivity index (χ3n) is 3.08. The summed E-state index contributed by atoms with van der Waals surface area (Å²) in [6.45, 7) is 3.28. The van der Waals surface area contributed by atoms with E-state index in [1.54, 1.807) is 12.1 Å². The second-order valence-electron chi connectivity index (χ2n) is 5.09. The first kappa shape index (κ1) is 17.7. The summed E-state index contributed by atoms with van der Waals surface area (Å²) in [5.74, 6) is 0.0387. The molecule has 24 heavy (non-hydrogen) atoms. The number of rotatable bonds is 6. The van der Waals surface area contributed by atoms with Crippen molar-refractivity contribution in [3.05, 3.63) is 60.2 Å². The zero-order valence-corrected chi connectivity index (χ0v) is 14.4. The normalized spacial score (nSPS) is 11.0. The summed E-state index contributed by atoms with van der Waals surface area (Å²) >= 11 is 1.46. The predicted octanol–water partition coefficient (Wildman–Crippen LogP) is 3.28. The molecule has 0 aliphatic rings. The first-order valence-electron chi connectivity index (χ1n) is 7.43. The third kappa shape index (κ3) is 5.89. The fourth-order valence-corrected chi connectivity index (χ4v) is 2.62. The van der Waals surface area contributed by atoms with Crippen LogP contribution >= 0.6 is 11.8 Å². The molecule has 2 N–H and O–H groups in total. The summed E-state index contributed by atoms with van der Waals surface area (Å²) in [6, 6.07) is 17.0. The molecule has 0 saturated heterocycles. The molecule has 0 fully saturated rings. The van der Waals surface area contributed by atoms with Crippen LogP contribution < -0.4 is 10.7 Å². The van der Waals surface area contributed by atoms with E-state index in [0.29, 0.717) is 11.5 Å². The molecule has 5 nitrogen and oxygen atoms in total. The second-order valence-corrected chi connectivity index (χ2v) is 6.14. The average Bonchev–Trinajstić information content (AvgIpc) is 2.59. The van der Waals surface area contributed by atoms with Gasteiger partial charge in [-0.1, -0.05) is 30.3 Å². The van der Waals surface area contributed by atoms with E-state index in [9.17, 15) is 9.59 Å². The molecule has 0 saturated carbocycles. The van der Waals surface area contributed by atoms with Gasteiger partial charge in [-0.2, -0.15) is 5.10 Å². The van der Waals surface area contributed by atoms with Gasteiger partial charge in [-0.15, -0.1) is 11.8 Å². The third-order valence-corrected chi connectivity index (χ3v) is 4.10. The van der Waals surface area contributed by atoms with E-state index in [2.05, 4.69) is 15.8 Å². The van der Waals surface area contributed by atoms with Crippen LogP contribution in [0.5, 0.6) is 0 Å². The van der Waals surface area contributed by atoms with Crippen molar-refractivity contribution in [2.45, 2.75) is 18.7 Å². The Kier molecular flexibility index (Phi) is 6.57. The van der Waals surface area contributed by atoms with Crippen LogP contribution in [-0.4, -0.2) is 23.3 Å². The highest BCUT2D eigenvalue weighted by atomic mass is 32.2. The van der Waals surface area contributed by atoms with Crippen LogP contribution in [0.1, 0.15) is 19.4 Å². The van der Waals surface area contributed by atoms with Crippen molar-refractivity contribution in [3.63, 3.8) is 0 Å². The minimum absolute atomic E-state index is 0.115. The van der Waals surface area contributed by atoms with Crippen molar-refractivity contribution in [1.29, 1.82) is 0 Å². The maximum atomic E-state index is 11.8. The molecule has 0 aliphatic heterocycles. The van der Waals surface area contributed by atoms with Crippen molar-refractivity contribution < 1.29 is 9.59 Å². The topological polar surface area (TPSA) is 70.6 Å². The maximum Gasteiger partial charge on any atom is 0.250 e. The minimum Gasteiger partial charge on any atom is -0.326 e. The van der Waals surface area contributed by atoms with Crippen molar-refractivity contribution >= 4 is 35.0 Å². The average molecular weight is 341 g/mol. The summed E-state index contributed by atoms with van der Waals surface area (Å²) in [4.78, 5) is 23.9. The highest BCUT2D eigenvalue weighted by Gasteiger charge is 2.03. The Morgan fingerprint density at radius 1 is 1.00 bits per heavy atom. The molecule has 0 radical (unpaired) electrons. The Bertz CT molecular complexity index is 728. The summed E-state index contributed by atoms with van der Waals surface area (Å²) in [5, 5.41) is 6.82. The van der Waals surface area contributed by atoms with Crippen molar-refractivity contribution in [3.8, 4) is 0 Å². The smallest absolute Gasteiger partial charge is 0.250 e. The Labute approximate surface area is 145 Å². The molecule has 2 amide bonds. The van der Waals surface area contributed by atoms with E-state index in [1.807, 2.05) is 49.4 Å². The highest BCUT2D eigenvalue weighted by molar-refractivity contribution is 8.00.